The van der Waals surface area contributed by atoms with Crippen molar-refractivity contribution in [3.05, 3.63) is 71.8 Å². The molecule has 8 rings (SSSR count). The van der Waals surface area contributed by atoms with E-state index in [1.807, 2.05) is 0 Å². The van der Waals surface area contributed by atoms with Crippen molar-refractivity contribution in [1.82, 2.24) is 10.1 Å². The molecule has 0 amide bonds. The summed E-state index contributed by atoms with van der Waals surface area (Å²) in [5.41, 5.74) is 3.80. The van der Waals surface area contributed by atoms with Gasteiger partial charge < -0.3 is 18.6 Å². The molecule has 4 saturated heterocycles. The smallest absolute Gasteiger partial charge is 0.399 e. The molecule has 0 aromatic heterocycles. The lowest BCUT2D eigenvalue weighted by Crippen LogP contribution is -2.58. The van der Waals surface area contributed by atoms with E-state index in [4.69, 9.17) is 28.3 Å². The first-order valence-electron chi connectivity index (χ1n) is 23.4. The minimum absolute atomic E-state index is 0.127. The minimum Gasteiger partial charge on any atom is -0.399 e. The number of piperidine rings is 2. The molecule has 0 saturated carbocycles. The van der Waals surface area contributed by atoms with Crippen LogP contribution in [0.4, 0.5) is 0 Å². The van der Waals surface area contributed by atoms with Crippen molar-refractivity contribution in [3.8, 4) is 11.1 Å². The number of nitrogens with zero attached hydrogens (tertiary/aromatic N) is 2. The summed E-state index contributed by atoms with van der Waals surface area (Å²) >= 11 is 0. The molecule has 0 spiro atoms. The van der Waals surface area contributed by atoms with E-state index in [9.17, 15) is 0 Å². The summed E-state index contributed by atoms with van der Waals surface area (Å²) in [6.45, 7) is 36.2. The van der Waals surface area contributed by atoms with Gasteiger partial charge in [0, 0.05) is 22.2 Å². The molecule has 0 bridgehead atoms. The number of hydroxylamine groups is 4. The van der Waals surface area contributed by atoms with Gasteiger partial charge in [-0.2, -0.15) is 10.1 Å². The third-order valence-corrected chi connectivity index (χ3v) is 15.7. The van der Waals surface area contributed by atoms with E-state index in [2.05, 4.69) is 182 Å². The van der Waals surface area contributed by atoms with Gasteiger partial charge in [-0.15, -0.1) is 0 Å². The summed E-state index contributed by atoms with van der Waals surface area (Å²) < 4.78 is 27.6. The maximum Gasteiger partial charge on any atom is 0.495 e. The van der Waals surface area contributed by atoms with E-state index in [0.717, 1.165) is 80.4 Å². The zero-order valence-electron chi connectivity index (χ0n) is 40.9. The Kier molecular flexibility index (Phi) is 11.4. The fourth-order valence-corrected chi connectivity index (χ4v) is 11.0. The summed E-state index contributed by atoms with van der Waals surface area (Å²) in [5.74, 6) is 0. The Balaban J connectivity index is 1.35. The number of fused-ring (bicyclic) bond motifs is 2. The Morgan fingerprint density at radius 2 is 0.710 bits per heavy atom. The molecule has 4 aliphatic heterocycles. The quantitative estimate of drug-likeness (QED) is 0.154. The lowest BCUT2D eigenvalue weighted by atomic mass is 9.70. The van der Waals surface area contributed by atoms with Crippen LogP contribution < -0.4 is 10.9 Å². The first-order valence-corrected chi connectivity index (χ1v) is 23.4. The van der Waals surface area contributed by atoms with Gasteiger partial charge in [-0.25, -0.2) is 0 Å². The third kappa shape index (κ3) is 7.91. The molecule has 4 heterocycles. The SMILES string of the molecule is CC1(C)CCCC(C)(C)N1OCc1cc(-c2cc(CON3C(C)(C)CCCC3(C)C)c(B3OC(C)(C)C(C)(C)O3)c3ccccc23)c2ccccc2c1B1OC(C)(C)C(C)(C)O1. The predicted molar refractivity (Wildman–Crippen MR) is 256 cm³/mol. The van der Waals surface area contributed by atoms with Gasteiger partial charge >= 0.3 is 14.2 Å². The molecule has 4 aliphatic rings. The van der Waals surface area contributed by atoms with E-state index in [-0.39, 0.29) is 22.2 Å². The van der Waals surface area contributed by atoms with Gasteiger partial charge in [-0.1, -0.05) is 48.5 Å². The molecule has 10 heteroatoms. The molecular formula is C52H74B2N2O6. The van der Waals surface area contributed by atoms with Crippen molar-refractivity contribution in [3.63, 3.8) is 0 Å². The van der Waals surface area contributed by atoms with Crippen LogP contribution in [-0.2, 0) is 41.5 Å². The van der Waals surface area contributed by atoms with E-state index < -0.39 is 36.6 Å². The molecule has 8 nitrogen and oxygen atoms in total. The van der Waals surface area contributed by atoms with Gasteiger partial charge in [0.05, 0.1) is 35.6 Å². The van der Waals surface area contributed by atoms with E-state index in [1.165, 1.54) is 12.8 Å². The van der Waals surface area contributed by atoms with Crippen LogP contribution in [0.15, 0.2) is 60.7 Å². The Morgan fingerprint density at radius 1 is 0.435 bits per heavy atom. The molecular weight excluding hydrogens is 770 g/mol. The summed E-state index contributed by atoms with van der Waals surface area (Å²) in [6.07, 6.45) is 6.63. The standard InChI is InChI=1S/C52H74B2N2O6/c1-45(2)27-21-28-46(3,4)55(45)57-33-35-31-41(37-23-17-19-25-39(37)43(35)53-59-49(9,10)50(11,12)60-53)42-32-36(34-58-56-47(5,6)29-22-30-48(56,7)8)44(40-26-20-18-24-38(40)42)54-61-51(13,14)52(15,16)62-54/h17-20,23-26,31-32H,21-22,27-30,33-34H2,1-16H3. The molecule has 0 aliphatic carbocycles. The van der Waals surface area contributed by atoms with Crippen LogP contribution in [0.1, 0.15) is 160 Å². The molecule has 4 fully saturated rings. The van der Waals surface area contributed by atoms with Crippen molar-refractivity contribution in [2.45, 2.75) is 207 Å². The summed E-state index contributed by atoms with van der Waals surface area (Å²) in [5, 5.41) is 8.96. The zero-order valence-corrected chi connectivity index (χ0v) is 40.9. The summed E-state index contributed by atoms with van der Waals surface area (Å²) in [4.78, 5) is 14.2. The van der Waals surface area contributed by atoms with Crippen LogP contribution in [0.3, 0.4) is 0 Å². The monoisotopic (exact) mass is 845 g/mol. The van der Waals surface area contributed by atoms with Crippen molar-refractivity contribution >= 4 is 46.7 Å². The molecule has 4 aromatic carbocycles. The number of hydrogen-bond donors (Lipinski definition) is 0. The van der Waals surface area contributed by atoms with Crippen molar-refractivity contribution in [2.24, 2.45) is 0 Å². The minimum atomic E-state index is -0.581. The van der Waals surface area contributed by atoms with E-state index in [0.29, 0.717) is 13.2 Å². The van der Waals surface area contributed by atoms with E-state index >= 15 is 0 Å². The first-order chi connectivity index (χ1) is 28.7. The second-order valence-corrected chi connectivity index (χ2v) is 23.4. The average Bonchev–Trinajstić information content (AvgIpc) is 3.50. The van der Waals surface area contributed by atoms with Crippen LogP contribution in [0, 0.1) is 0 Å². The number of hydrogen-bond acceptors (Lipinski definition) is 8. The molecule has 334 valence electrons. The summed E-state index contributed by atoms with van der Waals surface area (Å²) in [7, 11) is -1.16. The maximum atomic E-state index is 7.09. The van der Waals surface area contributed by atoms with Gasteiger partial charge in [0.1, 0.15) is 0 Å². The highest BCUT2D eigenvalue weighted by Crippen LogP contribution is 2.44. The van der Waals surface area contributed by atoms with Gasteiger partial charge in [-0.3, -0.25) is 9.68 Å². The molecule has 62 heavy (non-hydrogen) atoms. The summed E-state index contributed by atoms with van der Waals surface area (Å²) in [6, 6.07) is 22.2. The normalized spacial score (nSPS) is 24.9. The maximum absolute atomic E-state index is 7.09. The molecule has 0 atom stereocenters. The van der Waals surface area contributed by atoms with Crippen molar-refractivity contribution < 1.29 is 28.3 Å². The second kappa shape index (κ2) is 15.4. The topological polar surface area (TPSA) is 61.9 Å². The second-order valence-electron chi connectivity index (χ2n) is 23.4. The van der Waals surface area contributed by atoms with Gasteiger partial charge in [0.2, 0.25) is 0 Å². The molecule has 0 unspecified atom stereocenters. The Hall–Kier alpha value is -2.79. The Bertz CT molecular complexity index is 2120. The Morgan fingerprint density at radius 3 is 1.00 bits per heavy atom. The van der Waals surface area contributed by atoms with Crippen molar-refractivity contribution in [2.75, 3.05) is 0 Å². The lowest BCUT2D eigenvalue weighted by molar-refractivity contribution is -0.287. The average molecular weight is 845 g/mol. The molecule has 0 N–H and O–H groups in total. The number of rotatable bonds is 9. The highest BCUT2D eigenvalue weighted by molar-refractivity contribution is 6.66. The van der Waals surface area contributed by atoms with E-state index in [1.54, 1.807) is 0 Å². The highest BCUT2D eigenvalue weighted by atomic mass is 16.7. The fourth-order valence-electron chi connectivity index (χ4n) is 11.0. The van der Waals surface area contributed by atoms with Crippen LogP contribution in [-0.4, -0.2) is 68.9 Å². The third-order valence-electron chi connectivity index (χ3n) is 15.7. The fraction of sp³-hybridized carbons (Fsp3) is 0.615. The molecule has 4 aromatic rings. The number of benzene rings is 4. The molecule has 0 radical (unpaired) electrons. The highest BCUT2D eigenvalue weighted by Gasteiger charge is 2.54. The first kappa shape index (κ1) is 45.8. The van der Waals surface area contributed by atoms with Crippen LogP contribution >= 0.6 is 0 Å². The van der Waals surface area contributed by atoms with Crippen LogP contribution in [0.25, 0.3) is 32.7 Å². The van der Waals surface area contributed by atoms with Crippen molar-refractivity contribution in [1.29, 1.82) is 0 Å². The van der Waals surface area contributed by atoms with Crippen LogP contribution in [0.5, 0.6) is 0 Å². The van der Waals surface area contributed by atoms with Crippen LogP contribution in [0.2, 0.25) is 0 Å². The lowest BCUT2D eigenvalue weighted by Gasteiger charge is -2.51. The largest absolute Gasteiger partial charge is 0.495 e. The van der Waals surface area contributed by atoms with Gasteiger partial charge in [0.25, 0.3) is 0 Å². The van der Waals surface area contributed by atoms with Gasteiger partial charge in [-0.05, 0) is 216 Å². The predicted octanol–water partition coefficient (Wildman–Crippen LogP) is 11.2. The zero-order chi connectivity index (χ0) is 45.1. The Labute approximate surface area is 373 Å². The van der Waals surface area contributed by atoms with Gasteiger partial charge in [0.15, 0.2) is 0 Å².